The van der Waals surface area contributed by atoms with Gasteiger partial charge in [0.2, 0.25) is 12.7 Å². The van der Waals surface area contributed by atoms with Crippen LogP contribution in [0.1, 0.15) is 27.2 Å². The number of halogens is 1. The van der Waals surface area contributed by atoms with Crippen molar-refractivity contribution < 1.29 is 18.7 Å². The van der Waals surface area contributed by atoms with Crippen molar-refractivity contribution in [1.82, 2.24) is 15.3 Å². The third-order valence-corrected chi connectivity index (χ3v) is 4.51. The van der Waals surface area contributed by atoms with E-state index in [2.05, 4.69) is 20.6 Å². The lowest BCUT2D eigenvalue weighted by molar-refractivity contribution is 0.0949. The minimum atomic E-state index is -0.295. The molecule has 1 amide bonds. The molecule has 0 bridgehead atoms. The second-order valence-corrected chi connectivity index (χ2v) is 6.51. The highest BCUT2D eigenvalue weighted by molar-refractivity contribution is 5.94. The molecule has 0 saturated heterocycles. The van der Waals surface area contributed by atoms with Crippen molar-refractivity contribution in [1.29, 1.82) is 0 Å². The zero-order valence-corrected chi connectivity index (χ0v) is 15.7. The Morgan fingerprint density at radius 2 is 1.97 bits per heavy atom. The maximum atomic E-state index is 13.7. The summed E-state index contributed by atoms with van der Waals surface area (Å²) in [6.45, 7) is 2.52. The van der Waals surface area contributed by atoms with Crippen molar-refractivity contribution in [3.63, 3.8) is 0 Å². The van der Waals surface area contributed by atoms with Gasteiger partial charge in [-0.1, -0.05) is 24.3 Å². The number of aromatic nitrogens is 2. The molecular formula is C21H19FN4O3. The second-order valence-electron chi connectivity index (χ2n) is 6.51. The van der Waals surface area contributed by atoms with Crippen LogP contribution in [0.5, 0.6) is 11.5 Å². The molecule has 0 fully saturated rings. The molecule has 1 aliphatic heterocycles. The number of ether oxygens (including phenoxy) is 2. The highest BCUT2D eigenvalue weighted by Crippen LogP contribution is 2.32. The highest BCUT2D eigenvalue weighted by atomic mass is 19.1. The monoisotopic (exact) mass is 394 g/mol. The average Bonchev–Trinajstić information content (AvgIpc) is 3.19. The zero-order chi connectivity index (χ0) is 20.2. The van der Waals surface area contributed by atoms with Gasteiger partial charge in [0, 0.05) is 24.8 Å². The van der Waals surface area contributed by atoms with Gasteiger partial charge in [-0.3, -0.25) is 4.79 Å². The third-order valence-electron chi connectivity index (χ3n) is 4.51. The normalized spacial score (nSPS) is 11.9. The van der Waals surface area contributed by atoms with Crippen LogP contribution in [0.4, 0.5) is 10.3 Å². The molecule has 1 aromatic heterocycles. The fraction of sp³-hybridized carbons (Fsp3) is 0.190. The molecule has 0 aliphatic carbocycles. The molecule has 148 valence electrons. The highest BCUT2D eigenvalue weighted by Gasteiger charge is 2.15. The summed E-state index contributed by atoms with van der Waals surface area (Å²) in [5.74, 6) is 1.12. The molecule has 2 N–H and O–H groups in total. The Morgan fingerprint density at radius 3 is 2.79 bits per heavy atom. The van der Waals surface area contributed by atoms with Gasteiger partial charge in [0.05, 0.1) is 11.3 Å². The molecule has 8 heteroatoms. The van der Waals surface area contributed by atoms with Gasteiger partial charge in [-0.25, -0.2) is 14.4 Å². The van der Waals surface area contributed by atoms with Crippen LogP contribution < -0.4 is 20.1 Å². The second kappa shape index (κ2) is 8.14. The number of benzene rings is 2. The first-order valence-electron chi connectivity index (χ1n) is 9.08. The molecule has 2 heterocycles. The number of anilines is 1. The third kappa shape index (κ3) is 4.26. The molecule has 0 saturated carbocycles. The molecule has 29 heavy (non-hydrogen) atoms. The standard InChI is InChI=1S/C21H19FN4O3/c1-13-16(11-25-21(26-13)24-10-15-4-2-3-5-17(15)22)20(27)23-9-14-6-7-18-19(8-14)29-12-28-18/h2-8,11H,9-10,12H2,1H3,(H,23,27)(H,24,25,26). The number of rotatable bonds is 6. The number of nitrogens with zero attached hydrogens (tertiary/aromatic N) is 2. The minimum Gasteiger partial charge on any atom is -0.454 e. The smallest absolute Gasteiger partial charge is 0.254 e. The first kappa shape index (κ1) is 18.7. The average molecular weight is 394 g/mol. The molecule has 1 aliphatic rings. The first-order chi connectivity index (χ1) is 14.1. The predicted molar refractivity (Wildman–Crippen MR) is 104 cm³/mol. The number of hydrogen-bond donors (Lipinski definition) is 2. The van der Waals surface area contributed by atoms with Crippen LogP contribution in [0.2, 0.25) is 0 Å². The van der Waals surface area contributed by atoms with E-state index in [1.807, 2.05) is 18.2 Å². The fourth-order valence-corrected chi connectivity index (χ4v) is 2.92. The van der Waals surface area contributed by atoms with E-state index in [0.717, 1.165) is 5.56 Å². The number of aryl methyl sites for hydroxylation is 1. The number of hydrogen-bond acceptors (Lipinski definition) is 6. The van der Waals surface area contributed by atoms with Crippen LogP contribution in [0.3, 0.4) is 0 Å². The van der Waals surface area contributed by atoms with Gasteiger partial charge in [0.15, 0.2) is 11.5 Å². The van der Waals surface area contributed by atoms with E-state index < -0.39 is 0 Å². The van der Waals surface area contributed by atoms with E-state index in [9.17, 15) is 9.18 Å². The van der Waals surface area contributed by atoms with Crippen molar-refractivity contribution >= 4 is 11.9 Å². The Bertz CT molecular complexity index is 1060. The molecule has 4 rings (SSSR count). The van der Waals surface area contributed by atoms with E-state index in [0.29, 0.717) is 40.8 Å². The maximum Gasteiger partial charge on any atom is 0.254 e. The summed E-state index contributed by atoms with van der Waals surface area (Å²) in [6, 6.07) is 12.0. The van der Waals surface area contributed by atoms with Gasteiger partial charge in [0.25, 0.3) is 5.91 Å². The summed E-state index contributed by atoms with van der Waals surface area (Å²) < 4.78 is 24.3. The van der Waals surface area contributed by atoms with Gasteiger partial charge in [-0.2, -0.15) is 0 Å². The van der Waals surface area contributed by atoms with Gasteiger partial charge >= 0.3 is 0 Å². The summed E-state index contributed by atoms with van der Waals surface area (Å²) in [5.41, 5.74) is 2.31. The molecule has 3 aromatic rings. The molecule has 0 unspecified atom stereocenters. The molecule has 0 atom stereocenters. The lowest BCUT2D eigenvalue weighted by atomic mass is 10.2. The fourth-order valence-electron chi connectivity index (χ4n) is 2.92. The first-order valence-corrected chi connectivity index (χ1v) is 9.08. The summed E-state index contributed by atoms with van der Waals surface area (Å²) >= 11 is 0. The largest absolute Gasteiger partial charge is 0.454 e. The Labute approximate surface area is 166 Å². The SMILES string of the molecule is Cc1nc(NCc2ccccc2F)ncc1C(=O)NCc1ccc2c(c1)OCO2. The van der Waals surface area contributed by atoms with E-state index >= 15 is 0 Å². The number of carbonyl (C=O) groups is 1. The molecule has 2 aromatic carbocycles. The maximum absolute atomic E-state index is 13.7. The van der Waals surface area contributed by atoms with Crippen molar-refractivity contribution in [2.75, 3.05) is 12.1 Å². The van der Waals surface area contributed by atoms with Gasteiger partial charge in [0.1, 0.15) is 5.82 Å². The Hall–Kier alpha value is -3.68. The number of nitrogens with one attached hydrogen (secondary N) is 2. The van der Waals surface area contributed by atoms with Crippen LogP contribution in [-0.2, 0) is 13.1 Å². The van der Waals surface area contributed by atoms with Crippen LogP contribution in [-0.4, -0.2) is 22.7 Å². The molecule has 0 spiro atoms. The number of amides is 1. The quantitative estimate of drug-likeness (QED) is 0.668. The van der Waals surface area contributed by atoms with Gasteiger partial charge in [-0.15, -0.1) is 0 Å². The summed E-state index contributed by atoms with van der Waals surface area (Å²) in [7, 11) is 0. The van der Waals surface area contributed by atoms with E-state index in [1.54, 1.807) is 25.1 Å². The van der Waals surface area contributed by atoms with E-state index in [1.165, 1.54) is 12.3 Å². The van der Waals surface area contributed by atoms with Crippen LogP contribution in [0.15, 0.2) is 48.7 Å². The Kier molecular flexibility index (Phi) is 5.24. The molecule has 0 radical (unpaired) electrons. The summed E-state index contributed by atoms with van der Waals surface area (Å²) in [4.78, 5) is 21.0. The van der Waals surface area contributed by atoms with Crippen molar-refractivity contribution in [2.45, 2.75) is 20.0 Å². The van der Waals surface area contributed by atoms with Crippen LogP contribution in [0.25, 0.3) is 0 Å². The van der Waals surface area contributed by atoms with Gasteiger partial charge < -0.3 is 20.1 Å². The van der Waals surface area contributed by atoms with Crippen molar-refractivity contribution in [2.24, 2.45) is 0 Å². The van der Waals surface area contributed by atoms with E-state index in [-0.39, 0.29) is 25.1 Å². The van der Waals surface area contributed by atoms with Gasteiger partial charge in [-0.05, 0) is 30.7 Å². The van der Waals surface area contributed by atoms with Crippen LogP contribution >= 0.6 is 0 Å². The topological polar surface area (TPSA) is 85.4 Å². The van der Waals surface area contributed by atoms with Crippen molar-refractivity contribution in [3.05, 3.63) is 76.9 Å². The molecular weight excluding hydrogens is 375 g/mol. The lowest BCUT2D eigenvalue weighted by Gasteiger charge is -2.10. The minimum absolute atomic E-state index is 0.207. The predicted octanol–water partition coefficient (Wildman–Crippen LogP) is 3.19. The summed E-state index contributed by atoms with van der Waals surface area (Å²) in [6.07, 6.45) is 1.46. The lowest BCUT2D eigenvalue weighted by Crippen LogP contribution is -2.24. The Balaban J connectivity index is 1.37. The van der Waals surface area contributed by atoms with Crippen LogP contribution in [0, 0.1) is 12.7 Å². The van der Waals surface area contributed by atoms with Crippen molar-refractivity contribution in [3.8, 4) is 11.5 Å². The molecule has 7 nitrogen and oxygen atoms in total. The number of fused-ring (bicyclic) bond motifs is 1. The summed E-state index contributed by atoms with van der Waals surface area (Å²) in [5, 5.41) is 5.82. The zero-order valence-electron chi connectivity index (χ0n) is 15.7. The van der Waals surface area contributed by atoms with E-state index in [4.69, 9.17) is 9.47 Å². The number of carbonyl (C=O) groups excluding carboxylic acids is 1. The Morgan fingerprint density at radius 1 is 1.14 bits per heavy atom.